The van der Waals surface area contributed by atoms with Crippen molar-refractivity contribution in [2.75, 3.05) is 31.2 Å². The minimum absolute atomic E-state index is 0.0729. The highest BCUT2D eigenvalue weighted by Crippen LogP contribution is 2.33. The Hall–Kier alpha value is -1.78. The lowest BCUT2D eigenvalue weighted by Crippen LogP contribution is -2.36. The van der Waals surface area contributed by atoms with Crippen LogP contribution in [-0.2, 0) is 9.53 Å². The van der Waals surface area contributed by atoms with Crippen molar-refractivity contribution in [1.82, 2.24) is 15.2 Å². The number of anilines is 1. The number of aromatic nitrogens is 3. The fourth-order valence-corrected chi connectivity index (χ4v) is 3.45. The number of aryl methyl sites for hydroxylation is 1. The van der Waals surface area contributed by atoms with Crippen LogP contribution in [0.2, 0.25) is 0 Å². The van der Waals surface area contributed by atoms with Gasteiger partial charge in [0.05, 0.1) is 17.7 Å². The van der Waals surface area contributed by atoms with Gasteiger partial charge in [-0.25, -0.2) is 9.78 Å². The Labute approximate surface area is 150 Å². The van der Waals surface area contributed by atoms with Gasteiger partial charge < -0.3 is 19.2 Å². The lowest BCUT2D eigenvalue weighted by molar-refractivity contribution is -0.131. The summed E-state index contributed by atoms with van der Waals surface area (Å²) in [5, 5.41) is 16.4. The van der Waals surface area contributed by atoms with Crippen LogP contribution in [0.25, 0.3) is 6.08 Å². The van der Waals surface area contributed by atoms with E-state index in [2.05, 4.69) is 36.0 Å². The number of rotatable bonds is 5. The number of ether oxygens (including phenoxy) is 1. The molecule has 0 spiro atoms. The first-order valence-electron chi connectivity index (χ1n) is 7.17. The van der Waals surface area contributed by atoms with Gasteiger partial charge in [-0.2, -0.15) is 0 Å². The van der Waals surface area contributed by atoms with E-state index < -0.39 is 5.97 Å². The number of thioether (sulfide) groups is 1. The summed E-state index contributed by atoms with van der Waals surface area (Å²) in [6.07, 6.45) is 1.47. The smallest absolute Gasteiger partial charge is 0.342 e. The first-order valence-corrected chi connectivity index (χ1v) is 8.78. The molecule has 128 valence electrons. The molecule has 24 heavy (non-hydrogen) atoms. The van der Waals surface area contributed by atoms with Gasteiger partial charge in [0.25, 0.3) is 0 Å². The van der Waals surface area contributed by atoms with Crippen molar-refractivity contribution in [1.29, 1.82) is 0 Å². The average molecular weight is 415 g/mol. The minimum Gasteiger partial charge on any atom is -0.477 e. The molecule has 1 saturated heterocycles. The number of aromatic amines is 1. The molecule has 0 bridgehead atoms. The Bertz CT molecular complexity index is 767. The molecule has 0 radical (unpaired) electrons. The Morgan fingerprint density at radius 3 is 2.88 bits per heavy atom. The molecule has 0 atom stereocenters. The molecule has 3 heterocycles. The standard InChI is InChI=1S/C14H15BrN4O4S/c1-8-16-14(18-17-8)24-11(13(20)21)7-9-6-10(15)12(23-9)19-2-4-22-5-3-19/h6-7H,2-5H2,1H3,(H,20,21)(H,16,17,18)/b11-7-. The van der Waals surface area contributed by atoms with Crippen molar-refractivity contribution in [3.05, 3.63) is 27.0 Å². The van der Waals surface area contributed by atoms with Crippen molar-refractivity contribution >= 4 is 45.6 Å². The van der Waals surface area contributed by atoms with Crippen molar-refractivity contribution in [3.63, 3.8) is 0 Å². The minimum atomic E-state index is -1.07. The predicted octanol–water partition coefficient (Wildman–Crippen LogP) is 2.52. The number of nitrogens with zero attached hydrogens (tertiary/aromatic N) is 3. The number of H-pyrrole nitrogens is 1. The number of hydrogen-bond acceptors (Lipinski definition) is 7. The quantitative estimate of drug-likeness (QED) is 0.567. The first kappa shape index (κ1) is 17.1. The molecule has 0 aromatic carbocycles. The van der Waals surface area contributed by atoms with Gasteiger partial charge in [-0.05, 0) is 34.6 Å². The fourth-order valence-electron chi connectivity index (χ4n) is 2.16. The van der Waals surface area contributed by atoms with E-state index in [1.165, 1.54) is 6.08 Å². The third-order valence-corrected chi connectivity index (χ3v) is 4.69. The number of carboxylic acid groups (broad SMARTS) is 1. The van der Waals surface area contributed by atoms with Crippen LogP contribution in [0.5, 0.6) is 0 Å². The monoisotopic (exact) mass is 414 g/mol. The molecule has 2 aromatic rings. The Morgan fingerprint density at radius 1 is 1.50 bits per heavy atom. The summed E-state index contributed by atoms with van der Waals surface area (Å²) >= 11 is 4.42. The van der Waals surface area contributed by atoms with Gasteiger partial charge in [-0.15, -0.1) is 5.10 Å². The molecule has 0 saturated carbocycles. The topological polar surface area (TPSA) is 104 Å². The second-order valence-electron chi connectivity index (χ2n) is 5.02. The van der Waals surface area contributed by atoms with Gasteiger partial charge in [0.15, 0.2) is 0 Å². The Balaban J connectivity index is 1.83. The number of aliphatic carboxylic acids is 1. The van der Waals surface area contributed by atoms with Crippen LogP contribution in [-0.4, -0.2) is 52.6 Å². The zero-order valence-corrected chi connectivity index (χ0v) is 15.2. The number of nitrogens with one attached hydrogen (secondary N) is 1. The third-order valence-electron chi connectivity index (χ3n) is 3.25. The molecule has 1 aliphatic rings. The summed E-state index contributed by atoms with van der Waals surface area (Å²) in [6, 6.07) is 1.75. The van der Waals surface area contributed by atoms with Crippen LogP contribution in [0.4, 0.5) is 5.88 Å². The molecule has 2 aromatic heterocycles. The van der Waals surface area contributed by atoms with E-state index in [-0.39, 0.29) is 4.91 Å². The summed E-state index contributed by atoms with van der Waals surface area (Å²) in [5.41, 5.74) is 0. The molecular formula is C14H15BrN4O4S. The molecular weight excluding hydrogens is 400 g/mol. The van der Waals surface area contributed by atoms with Gasteiger partial charge >= 0.3 is 5.97 Å². The summed E-state index contributed by atoms with van der Waals surface area (Å²) < 4.78 is 11.9. The zero-order valence-electron chi connectivity index (χ0n) is 12.8. The van der Waals surface area contributed by atoms with Gasteiger partial charge in [0, 0.05) is 25.2 Å². The summed E-state index contributed by atoms with van der Waals surface area (Å²) in [6.45, 7) is 4.48. The number of hydrogen-bond donors (Lipinski definition) is 2. The normalized spacial score (nSPS) is 15.8. The maximum absolute atomic E-state index is 11.5. The molecule has 2 N–H and O–H groups in total. The van der Waals surface area contributed by atoms with E-state index in [1.807, 2.05) is 0 Å². The van der Waals surface area contributed by atoms with Gasteiger partial charge in [0.1, 0.15) is 16.5 Å². The number of morpholine rings is 1. The second kappa shape index (κ2) is 7.41. The van der Waals surface area contributed by atoms with Crippen LogP contribution in [0.1, 0.15) is 11.6 Å². The van der Waals surface area contributed by atoms with Crippen LogP contribution in [0, 0.1) is 6.92 Å². The van der Waals surface area contributed by atoms with E-state index in [4.69, 9.17) is 9.15 Å². The SMILES string of the molecule is Cc1nc(S/C(=C\c2cc(Br)c(N3CCOCC3)o2)C(=O)O)n[nH]1. The predicted molar refractivity (Wildman–Crippen MR) is 92.0 cm³/mol. The fraction of sp³-hybridized carbons (Fsp3) is 0.357. The molecule has 0 unspecified atom stereocenters. The van der Waals surface area contributed by atoms with Crippen molar-refractivity contribution in [3.8, 4) is 0 Å². The van der Waals surface area contributed by atoms with Gasteiger partial charge in [-0.1, -0.05) is 0 Å². The highest BCUT2D eigenvalue weighted by Gasteiger charge is 2.20. The molecule has 1 fully saturated rings. The highest BCUT2D eigenvalue weighted by atomic mass is 79.9. The number of halogens is 1. The summed E-state index contributed by atoms with van der Waals surface area (Å²) in [7, 11) is 0. The maximum atomic E-state index is 11.5. The third kappa shape index (κ3) is 4.00. The number of carbonyl (C=O) groups is 1. The van der Waals surface area contributed by atoms with Crippen molar-refractivity contribution in [2.24, 2.45) is 0 Å². The van der Waals surface area contributed by atoms with Crippen molar-refractivity contribution < 1.29 is 19.1 Å². The molecule has 0 amide bonds. The molecule has 1 aliphatic heterocycles. The Kier molecular flexibility index (Phi) is 5.27. The van der Waals surface area contributed by atoms with Crippen LogP contribution >= 0.6 is 27.7 Å². The average Bonchev–Trinajstić information content (AvgIpc) is 3.13. The van der Waals surface area contributed by atoms with E-state index in [0.717, 1.165) is 29.3 Å². The molecule has 8 nitrogen and oxygen atoms in total. The molecule has 10 heteroatoms. The second-order valence-corrected chi connectivity index (χ2v) is 6.88. The maximum Gasteiger partial charge on any atom is 0.342 e. The van der Waals surface area contributed by atoms with Crippen LogP contribution in [0.3, 0.4) is 0 Å². The van der Waals surface area contributed by atoms with Gasteiger partial charge in [0.2, 0.25) is 11.0 Å². The summed E-state index contributed by atoms with van der Waals surface area (Å²) in [5.74, 6) is 0.675. The molecule has 3 rings (SSSR count). The Morgan fingerprint density at radius 2 is 2.25 bits per heavy atom. The van der Waals surface area contributed by atoms with E-state index in [9.17, 15) is 9.90 Å². The van der Waals surface area contributed by atoms with Crippen LogP contribution < -0.4 is 4.90 Å². The van der Waals surface area contributed by atoms with Gasteiger partial charge in [-0.3, -0.25) is 5.10 Å². The first-order chi connectivity index (χ1) is 11.5. The van der Waals surface area contributed by atoms with Crippen molar-refractivity contribution in [2.45, 2.75) is 12.1 Å². The summed E-state index contributed by atoms with van der Waals surface area (Å²) in [4.78, 5) is 17.7. The number of carboxylic acids is 1. The van der Waals surface area contributed by atoms with Crippen LogP contribution in [0.15, 0.2) is 25.0 Å². The highest BCUT2D eigenvalue weighted by molar-refractivity contribution is 9.10. The van der Waals surface area contributed by atoms with E-state index in [1.54, 1.807) is 13.0 Å². The van der Waals surface area contributed by atoms with E-state index in [0.29, 0.717) is 35.8 Å². The lowest BCUT2D eigenvalue weighted by atomic mass is 10.4. The largest absolute Gasteiger partial charge is 0.477 e. The number of furan rings is 1. The van der Waals surface area contributed by atoms with E-state index >= 15 is 0 Å². The molecule has 0 aliphatic carbocycles. The zero-order chi connectivity index (χ0) is 17.1. The lowest BCUT2D eigenvalue weighted by Gasteiger charge is -2.26.